The van der Waals surface area contributed by atoms with Crippen molar-refractivity contribution in [3.8, 4) is 22.6 Å². The topological polar surface area (TPSA) is 142 Å². The predicted octanol–water partition coefficient (Wildman–Crippen LogP) is 5.07. The Labute approximate surface area is 220 Å². The zero-order valence-electron chi connectivity index (χ0n) is 18.6. The van der Waals surface area contributed by atoms with Crippen LogP contribution in [0.1, 0.15) is 11.4 Å². The summed E-state index contributed by atoms with van der Waals surface area (Å²) >= 11 is 19.3. The number of nitrogens with zero attached hydrogens (tertiary/aromatic N) is 6. The molecule has 5 rings (SSSR count). The van der Waals surface area contributed by atoms with E-state index < -0.39 is 15.0 Å². The number of aromatic nitrogens is 6. The van der Waals surface area contributed by atoms with Gasteiger partial charge in [-0.25, -0.2) is 14.3 Å². The number of fused-ring (bicyclic) bond motifs is 1. The summed E-state index contributed by atoms with van der Waals surface area (Å²) < 4.78 is 35.6. The van der Waals surface area contributed by atoms with Crippen molar-refractivity contribution < 1.29 is 13.0 Å². The van der Waals surface area contributed by atoms with Crippen LogP contribution >= 0.6 is 34.8 Å². The second kappa shape index (κ2) is 8.71. The van der Waals surface area contributed by atoms with Crippen LogP contribution in [0, 0.1) is 13.8 Å². The van der Waals surface area contributed by atoms with Crippen molar-refractivity contribution in [2.75, 3.05) is 5.73 Å². The SMILES string of the molecule is Cc1nn(-c2ccccc2)c(Cl)c1-c1nc(N)nc2c1c(C)nn2-c1cc(Cl)c(S(=O)(=O)O)cc1Cl. The van der Waals surface area contributed by atoms with Crippen molar-refractivity contribution >= 4 is 61.9 Å². The third-order valence-corrected chi connectivity index (χ3v) is 7.44. The maximum atomic E-state index is 11.6. The maximum Gasteiger partial charge on any atom is 0.296 e. The lowest BCUT2D eigenvalue weighted by Crippen LogP contribution is -2.05. The Balaban J connectivity index is 1.77. The molecular weight excluding hydrogens is 549 g/mol. The summed E-state index contributed by atoms with van der Waals surface area (Å²) in [5.74, 6) is -0.0571. The largest absolute Gasteiger partial charge is 0.368 e. The normalized spacial score (nSPS) is 11.9. The Hall–Kier alpha value is -3.22. The van der Waals surface area contributed by atoms with Crippen molar-refractivity contribution in [1.29, 1.82) is 0 Å². The van der Waals surface area contributed by atoms with Crippen LogP contribution in [0.2, 0.25) is 15.2 Å². The van der Waals surface area contributed by atoms with Crippen molar-refractivity contribution in [2.24, 2.45) is 0 Å². The van der Waals surface area contributed by atoms with Gasteiger partial charge in [0.05, 0.1) is 49.5 Å². The van der Waals surface area contributed by atoms with E-state index in [4.69, 9.17) is 40.5 Å². The molecule has 0 unspecified atom stereocenters. The lowest BCUT2D eigenvalue weighted by atomic mass is 10.1. The first-order valence-electron chi connectivity index (χ1n) is 10.3. The number of para-hydroxylation sites is 1. The molecule has 0 aliphatic carbocycles. The zero-order chi connectivity index (χ0) is 25.9. The molecule has 0 aliphatic rings. The van der Waals surface area contributed by atoms with Crippen LogP contribution in [0.25, 0.3) is 33.7 Å². The zero-order valence-corrected chi connectivity index (χ0v) is 21.7. The fourth-order valence-corrected chi connectivity index (χ4v) is 5.63. The van der Waals surface area contributed by atoms with Gasteiger partial charge in [0.15, 0.2) is 5.65 Å². The number of nitrogens with two attached hydrogens (primary N) is 1. The lowest BCUT2D eigenvalue weighted by Gasteiger charge is -2.10. The van der Waals surface area contributed by atoms with E-state index in [0.717, 1.165) is 11.8 Å². The molecule has 0 radical (unpaired) electrons. The highest BCUT2D eigenvalue weighted by Gasteiger charge is 2.26. The molecule has 0 saturated heterocycles. The van der Waals surface area contributed by atoms with Gasteiger partial charge in [0.25, 0.3) is 10.1 Å². The van der Waals surface area contributed by atoms with Gasteiger partial charge in [-0.15, -0.1) is 0 Å². The van der Waals surface area contributed by atoms with Crippen LogP contribution in [0.4, 0.5) is 5.95 Å². The van der Waals surface area contributed by atoms with E-state index in [9.17, 15) is 13.0 Å². The van der Waals surface area contributed by atoms with Crippen LogP contribution in [0.5, 0.6) is 0 Å². The molecule has 0 fully saturated rings. The molecule has 0 bridgehead atoms. The van der Waals surface area contributed by atoms with E-state index in [0.29, 0.717) is 33.2 Å². The minimum atomic E-state index is -4.59. The molecule has 5 aromatic rings. The summed E-state index contributed by atoms with van der Waals surface area (Å²) in [6, 6.07) is 11.7. The van der Waals surface area contributed by atoms with E-state index in [-0.39, 0.29) is 27.3 Å². The van der Waals surface area contributed by atoms with E-state index in [1.165, 1.54) is 10.7 Å². The molecule has 10 nitrogen and oxygen atoms in total. The molecule has 184 valence electrons. The number of hydrogen-bond donors (Lipinski definition) is 2. The lowest BCUT2D eigenvalue weighted by molar-refractivity contribution is 0.483. The van der Waals surface area contributed by atoms with Crippen molar-refractivity contribution in [1.82, 2.24) is 29.5 Å². The number of halogens is 3. The second-order valence-corrected chi connectivity index (χ2v) is 10.4. The summed E-state index contributed by atoms with van der Waals surface area (Å²) in [7, 11) is -4.59. The standard InChI is InChI=1S/C22H16Cl3N7O3S/c1-10-17(20(25)31(29-10)12-6-4-3-5-7-12)19-18-11(2)30-32(21(18)28-22(26)27-19)15-8-14(24)16(9-13(15)23)36(33,34)35/h3-9H,1-2H3,(H2,26,27,28)(H,33,34,35). The highest BCUT2D eigenvalue weighted by molar-refractivity contribution is 7.86. The van der Waals surface area contributed by atoms with E-state index in [1.54, 1.807) is 18.5 Å². The Morgan fingerprint density at radius 1 is 0.917 bits per heavy atom. The van der Waals surface area contributed by atoms with Gasteiger partial charge in [0.1, 0.15) is 10.0 Å². The van der Waals surface area contributed by atoms with E-state index in [2.05, 4.69) is 20.2 Å². The van der Waals surface area contributed by atoms with E-state index >= 15 is 0 Å². The highest BCUT2D eigenvalue weighted by Crippen LogP contribution is 2.39. The third kappa shape index (κ3) is 3.98. The molecule has 36 heavy (non-hydrogen) atoms. The Morgan fingerprint density at radius 3 is 2.25 bits per heavy atom. The number of anilines is 1. The summed E-state index contributed by atoms with van der Waals surface area (Å²) in [4.78, 5) is 8.28. The van der Waals surface area contributed by atoms with Gasteiger partial charge in [-0.1, -0.05) is 53.0 Å². The number of aryl methyl sites for hydroxylation is 2. The first-order valence-corrected chi connectivity index (χ1v) is 12.9. The fraction of sp³-hybridized carbons (Fsp3) is 0.0909. The molecule has 3 heterocycles. The smallest absolute Gasteiger partial charge is 0.296 e. The summed E-state index contributed by atoms with van der Waals surface area (Å²) in [6.45, 7) is 3.55. The Bertz CT molecular complexity index is 1780. The van der Waals surface area contributed by atoms with Crippen molar-refractivity contribution in [3.63, 3.8) is 0 Å². The van der Waals surface area contributed by atoms with Gasteiger partial charge < -0.3 is 5.73 Å². The molecule has 3 aromatic heterocycles. The molecule has 3 N–H and O–H groups in total. The highest BCUT2D eigenvalue weighted by atomic mass is 35.5. The van der Waals surface area contributed by atoms with Crippen LogP contribution in [0.15, 0.2) is 47.4 Å². The molecule has 2 aromatic carbocycles. The van der Waals surface area contributed by atoms with Crippen LogP contribution < -0.4 is 5.73 Å². The molecule has 0 atom stereocenters. The molecule has 0 saturated carbocycles. The number of nitrogen functional groups attached to an aromatic ring is 1. The molecule has 0 spiro atoms. The van der Waals surface area contributed by atoms with E-state index in [1.807, 2.05) is 30.3 Å². The van der Waals surface area contributed by atoms with Gasteiger partial charge in [-0.3, -0.25) is 4.55 Å². The van der Waals surface area contributed by atoms with Crippen molar-refractivity contribution in [2.45, 2.75) is 18.7 Å². The minimum absolute atomic E-state index is 0.0405. The second-order valence-electron chi connectivity index (χ2n) is 7.83. The summed E-state index contributed by atoms with van der Waals surface area (Å²) in [6.07, 6.45) is 0. The summed E-state index contributed by atoms with van der Waals surface area (Å²) in [5.41, 5.74) is 9.45. The van der Waals surface area contributed by atoms with Gasteiger partial charge in [0, 0.05) is 0 Å². The fourth-order valence-electron chi connectivity index (χ4n) is 3.93. The molecule has 0 aliphatic heterocycles. The minimum Gasteiger partial charge on any atom is -0.368 e. The molecular formula is C22H16Cl3N7O3S. The first-order chi connectivity index (χ1) is 17.0. The Kier molecular flexibility index (Phi) is 5.92. The van der Waals surface area contributed by atoms with Crippen LogP contribution in [-0.2, 0) is 10.1 Å². The van der Waals surface area contributed by atoms with Crippen molar-refractivity contribution in [3.05, 3.63) is 69.1 Å². The predicted molar refractivity (Wildman–Crippen MR) is 138 cm³/mol. The van der Waals surface area contributed by atoms with Gasteiger partial charge in [0.2, 0.25) is 5.95 Å². The average Bonchev–Trinajstić information content (AvgIpc) is 3.30. The maximum absolute atomic E-state index is 11.6. The summed E-state index contributed by atoms with van der Waals surface area (Å²) in [5, 5.41) is 9.69. The number of hydrogen-bond acceptors (Lipinski definition) is 7. The monoisotopic (exact) mass is 563 g/mol. The van der Waals surface area contributed by atoms with Crippen LogP contribution in [0.3, 0.4) is 0 Å². The number of benzene rings is 2. The molecule has 0 amide bonds. The average molecular weight is 565 g/mol. The van der Waals surface area contributed by atoms with Crippen LogP contribution in [-0.4, -0.2) is 42.5 Å². The quantitative estimate of drug-likeness (QED) is 0.288. The molecule has 14 heteroatoms. The van der Waals surface area contributed by atoms with Gasteiger partial charge >= 0.3 is 0 Å². The third-order valence-electron chi connectivity index (χ3n) is 5.47. The first kappa shape index (κ1) is 24.5. The van der Waals surface area contributed by atoms with Gasteiger partial charge in [-0.05, 0) is 38.1 Å². The van der Waals surface area contributed by atoms with Gasteiger partial charge in [-0.2, -0.15) is 23.6 Å². The number of rotatable bonds is 4. The Morgan fingerprint density at radius 2 is 1.58 bits per heavy atom.